The monoisotopic (exact) mass is 355 g/mol. The predicted octanol–water partition coefficient (Wildman–Crippen LogP) is 3.31. The van der Waals surface area contributed by atoms with E-state index in [4.69, 9.17) is 4.42 Å². The number of hydrogen-bond donors (Lipinski definition) is 2. The van der Waals surface area contributed by atoms with E-state index in [0.29, 0.717) is 18.1 Å². The number of aliphatic hydroxyl groups excluding tert-OH is 1. The summed E-state index contributed by atoms with van der Waals surface area (Å²) in [7, 11) is 3.58. The molecule has 1 heterocycles. The number of fused-ring (bicyclic) bond motifs is 1. The van der Waals surface area contributed by atoms with Gasteiger partial charge in [0.2, 0.25) is 0 Å². The summed E-state index contributed by atoms with van der Waals surface area (Å²) in [6.45, 7) is 0.809. The number of aliphatic hydroxyl groups is 1. The molecule has 0 radical (unpaired) electrons. The van der Waals surface area contributed by atoms with Gasteiger partial charge in [0.25, 0.3) is 0 Å². The molecule has 0 aliphatic heterocycles. The van der Waals surface area contributed by atoms with Gasteiger partial charge in [-0.3, -0.25) is 4.99 Å². The van der Waals surface area contributed by atoms with Gasteiger partial charge < -0.3 is 19.7 Å². The number of aliphatic imine (C=N–C) groups is 1. The summed E-state index contributed by atoms with van der Waals surface area (Å²) in [6.07, 6.45) is -0.757. The Morgan fingerprint density at radius 3 is 2.65 bits per heavy atom. The molecule has 2 N–H and O–H groups in total. The van der Waals surface area contributed by atoms with Crippen molar-refractivity contribution in [3.63, 3.8) is 0 Å². The lowest BCUT2D eigenvalue weighted by Gasteiger charge is -2.22. The van der Waals surface area contributed by atoms with Crippen LogP contribution in [0.1, 0.15) is 17.4 Å². The van der Waals surface area contributed by atoms with Gasteiger partial charge >= 0.3 is 0 Å². The standard InChI is InChI=1S/C20H22FN3O2/c1-22-20(23-12-18(25)14-7-9-16(21)10-8-14)24(2)13-17-11-15-5-3-4-6-19(15)26-17/h3-11,18,25H,12-13H2,1-2H3,(H,22,23). The quantitative estimate of drug-likeness (QED) is 0.544. The maximum Gasteiger partial charge on any atom is 0.193 e. The molecule has 26 heavy (non-hydrogen) atoms. The fourth-order valence-corrected chi connectivity index (χ4v) is 2.80. The van der Waals surface area contributed by atoms with Crippen LogP contribution in [0.2, 0.25) is 0 Å². The number of rotatable bonds is 5. The normalized spacial score (nSPS) is 13.0. The summed E-state index contributed by atoms with van der Waals surface area (Å²) in [5.74, 6) is 1.14. The van der Waals surface area contributed by atoms with E-state index in [1.807, 2.05) is 42.3 Å². The van der Waals surface area contributed by atoms with Crippen molar-refractivity contribution in [3.8, 4) is 0 Å². The molecule has 0 amide bonds. The molecule has 0 spiro atoms. The fraction of sp³-hybridized carbons (Fsp3) is 0.250. The topological polar surface area (TPSA) is 61.0 Å². The van der Waals surface area contributed by atoms with Gasteiger partial charge in [0.15, 0.2) is 5.96 Å². The van der Waals surface area contributed by atoms with Gasteiger partial charge in [0.1, 0.15) is 17.2 Å². The SMILES string of the molecule is CN=C(NCC(O)c1ccc(F)cc1)N(C)Cc1cc2ccccc2o1. The fourth-order valence-electron chi connectivity index (χ4n) is 2.80. The van der Waals surface area contributed by atoms with Crippen LogP contribution in [0.25, 0.3) is 11.0 Å². The second-order valence-electron chi connectivity index (χ2n) is 6.10. The minimum Gasteiger partial charge on any atom is -0.459 e. The molecule has 3 aromatic rings. The Hall–Kier alpha value is -2.86. The van der Waals surface area contributed by atoms with Crippen molar-refractivity contribution in [1.82, 2.24) is 10.2 Å². The summed E-state index contributed by atoms with van der Waals surface area (Å²) >= 11 is 0. The number of nitrogens with zero attached hydrogens (tertiary/aromatic N) is 2. The lowest BCUT2D eigenvalue weighted by atomic mass is 10.1. The summed E-state index contributed by atoms with van der Waals surface area (Å²) in [5, 5.41) is 14.4. The molecule has 2 aromatic carbocycles. The minimum atomic E-state index is -0.757. The molecule has 0 saturated carbocycles. The zero-order valence-electron chi connectivity index (χ0n) is 14.8. The first-order valence-corrected chi connectivity index (χ1v) is 8.39. The first-order valence-electron chi connectivity index (χ1n) is 8.39. The first kappa shape index (κ1) is 17.9. The molecule has 1 atom stereocenters. The Morgan fingerprint density at radius 2 is 1.96 bits per heavy atom. The molecule has 0 saturated heterocycles. The molecule has 5 nitrogen and oxygen atoms in total. The van der Waals surface area contributed by atoms with Crippen LogP contribution in [-0.2, 0) is 6.54 Å². The van der Waals surface area contributed by atoms with Crippen molar-refractivity contribution in [2.24, 2.45) is 4.99 Å². The highest BCUT2D eigenvalue weighted by atomic mass is 19.1. The van der Waals surface area contributed by atoms with E-state index in [9.17, 15) is 9.50 Å². The van der Waals surface area contributed by atoms with Crippen LogP contribution in [0.3, 0.4) is 0 Å². The van der Waals surface area contributed by atoms with E-state index in [1.54, 1.807) is 19.2 Å². The van der Waals surface area contributed by atoms with E-state index in [-0.39, 0.29) is 12.4 Å². The highest BCUT2D eigenvalue weighted by Gasteiger charge is 2.13. The molecule has 3 rings (SSSR count). The molecular formula is C20H22FN3O2. The van der Waals surface area contributed by atoms with E-state index in [1.165, 1.54) is 12.1 Å². The number of para-hydroxylation sites is 1. The second-order valence-corrected chi connectivity index (χ2v) is 6.10. The molecular weight excluding hydrogens is 333 g/mol. The average molecular weight is 355 g/mol. The van der Waals surface area contributed by atoms with Gasteiger partial charge in [0, 0.05) is 26.0 Å². The minimum absolute atomic E-state index is 0.267. The first-order chi connectivity index (χ1) is 12.6. The van der Waals surface area contributed by atoms with E-state index < -0.39 is 6.10 Å². The molecule has 0 aliphatic rings. The van der Waals surface area contributed by atoms with Gasteiger partial charge in [-0.1, -0.05) is 30.3 Å². The smallest absolute Gasteiger partial charge is 0.193 e. The van der Waals surface area contributed by atoms with Gasteiger partial charge in [-0.25, -0.2) is 4.39 Å². The predicted molar refractivity (Wildman–Crippen MR) is 100 cm³/mol. The van der Waals surface area contributed by atoms with Crippen LogP contribution in [0.15, 0.2) is 64.0 Å². The summed E-state index contributed by atoms with van der Waals surface area (Å²) in [4.78, 5) is 6.15. The Balaban J connectivity index is 1.60. The van der Waals surface area contributed by atoms with Crippen LogP contribution in [0.5, 0.6) is 0 Å². The summed E-state index contributed by atoms with van der Waals surface area (Å²) in [6, 6.07) is 15.7. The van der Waals surface area contributed by atoms with Crippen molar-refractivity contribution in [1.29, 1.82) is 0 Å². The third-order valence-electron chi connectivity index (χ3n) is 4.15. The molecule has 6 heteroatoms. The highest BCUT2D eigenvalue weighted by Crippen LogP contribution is 2.19. The van der Waals surface area contributed by atoms with E-state index in [2.05, 4.69) is 10.3 Å². The van der Waals surface area contributed by atoms with Crippen LogP contribution >= 0.6 is 0 Å². The zero-order valence-corrected chi connectivity index (χ0v) is 14.8. The summed E-state index contributed by atoms with van der Waals surface area (Å²) < 4.78 is 18.8. The Morgan fingerprint density at radius 1 is 1.23 bits per heavy atom. The second kappa shape index (κ2) is 8.01. The van der Waals surface area contributed by atoms with Crippen molar-refractivity contribution < 1.29 is 13.9 Å². The number of nitrogens with one attached hydrogen (secondary N) is 1. The molecule has 1 unspecified atom stereocenters. The van der Waals surface area contributed by atoms with Gasteiger partial charge in [-0.2, -0.15) is 0 Å². The third kappa shape index (κ3) is 4.21. The van der Waals surface area contributed by atoms with Crippen molar-refractivity contribution >= 4 is 16.9 Å². The van der Waals surface area contributed by atoms with Crippen LogP contribution in [-0.4, -0.2) is 36.6 Å². The third-order valence-corrected chi connectivity index (χ3v) is 4.15. The largest absolute Gasteiger partial charge is 0.459 e. The lowest BCUT2D eigenvalue weighted by molar-refractivity contribution is 0.179. The van der Waals surface area contributed by atoms with Crippen molar-refractivity contribution in [3.05, 3.63) is 71.7 Å². The van der Waals surface area contributed by atoms with Crippen LogP contribution in [0, 0.1) is 5.82 Å². The molecule has 0 bridgehead atoms. The van der Waals surface area contributed by atoms with Crippen LogP contribution in [0.4, 0.5) is 4.39 Å². The molecule has 0 aliphatic carbocycles. The van der Waals surface area contributed by atoms with Gasteiger partial charge in [-0.15, -0.1) is 0 Å². The van der Waals surface area contributed by atoms with E-state index in [0.717, 1.165) is 16.7 Å². The number of halogens is 1. The number of hydrogen-bond acceptors (Lipinski definition) is 3. The summed E-state index contributed by atoms with van der Waals surface area (Å²) in [5.41, 5.74) is 1.50. The highest BCUT2D eigenvalue weighted by molar-refractivity contribution is 5.80. The Bertz CT molecular complexity index is 856. The number of guanidine groups is 1. The van der Waals surface area contributed by atoms with Crippen molar-refractivity contribution in [2.75, 3.05) is 20.6 Å². The number of benzene rings is 2. The maximum absolute atomic E-state index is 13.0. The maximum atomic E-state index is 13.0. The molecule has 1 aromatic heterocycles. The average Bonchev–Trinajstić information content (AvgIpc) is 3.04. The van der Waals surface area contributed by atoms with E-state index >= 15 is 0 Å². The zero-order chi connectivity index (χ0) is 18.5. The Labute approximate surface area is 151 Å². The number of furan rings is 1. The Kier molecular flexibility index (Phi) is 5.53. The van der Waals surface area contributed by atoms with Crippen molar-refractivity contribution in [2.45, 2.75) is 12.6 Å². The van der Waals surface area contributed by atoms with Gasteiger partial charge in [-0.05, 0) is 29.8 Å². The lowest BCUT2D eigenvalue weighted by Crippen LogP contribution is -2.40. The van der Waals surface area contributed by atoms with Crippen LogP contribution < -0.4 is 5.32 Å². The molecule has 136 valence electrons. The molecule has 0 fully saturated rings. The van der Waals surface area contributed by atoms with Gasteiger partial charge in [0.05, 0.1) is 12.6 Å².